The first-order valence-electron chi connectivity index (χ1n) is 8.04. The van der Waals surface area contributed by atoms with Crippen molar-refractivity contribution < 1.29 is 23.4 Å². The van der Waals surface area contributed by atoms with Gasteiger partial charge in [0, 0.05) is 11.3 Å². The number of aryl methyl sites for hydroxylation is 1. The number of carbonyl (C=O) groups is 1. The molecule has 1 amide bonds. The van der Waals surface area contributed by atoms with Crippen LogP contribution in [-0.2, 0) is 11.4 Å². The van der Waals surface area contributed by atoms with E-state index in [1.54, 1.807) is 36.4 Å². The maximum absolute atomic E-state index is 13.5. The van der Waals surface area contributed by atoms with Crippen molar-refractivity contribution >= 4 is 11.6 Å². The topological polar surface area (TPSA) is 71.7 Å². The van der Waals surface area contributed by atoms with Crippen LogP contribution < -0.4 is 10.1 Å². The van der Waals surface area contributed by atoms with Crippen molar-refractivity contribution in [3.05, 3.63) is 71.7 Å². The molecule has 5 nitrogen and oxygen atoms in total. The molecule has 0 aliphatic rings. The van der Waals surface area contributed by atoms with Crippen LogP contribution in [0.3, 0.4) is 0 Å². The van der Waals surface area contributed by atoms with Gasteiger partial charge in [-0.1, -0.05) is 12.1 Å². The minimum Gasteiger partial charge on any atom is -0.481 e. The van der Waals surface area contributed by atoms with Gasteiger partial charge in [0.05, 0.1) is 0 Å². The maximum Gasteiger partial charge on any atom is 0.262 e. The summed E-state index contributed by atoms with van der Waals surface area (Å²) in [6.45, 7) is 1.44. The first-order chi connectivity index (χ1) is 12.6. The SMILES string of the molecule is Cc1cc(NC(=O)COc2ccccc2F)ccc1-c1ccc(CO)o1. The molecular formula is C20H18FNO4. The van der Waals surface area contributed by atoms with Crippen molar-refractivity contribution in [3.63, 3.8) is 0 Å². The summed E-state index contributed by atoms with van der Waals surface area (Å²) in [6, 6.07) is 14.8. The van der Waals surface area contributed by atoms with Crippen LogP contribution in [0.2, 0.25) is 0 Å². The molecule has 26 heavy (non-hydrogen) atoms. The van der Waals surface area contributed by atoms with Gasteiger partial charge < -0.3 is 19.6 Å². The summed E-state index contributed by atoms with van der Waals surface area (Å²) in [7, 11) is 0. The van der Waals surface area contributed by atoms with Crippen LogP contribution in [0.5, 0.6) is 5.75 Å². The molecule has 2 aromatic carbocycles. The van der Waals surface area contributed by atoms with Gasteiger partial charge in [-0.25, -0.2) is 4.39 Å². The Morgan fingerprint density at radius 1 is 1.19 bits per heavy atom. The predicted molar refractivity (Wildman–Crippen MR) is 95.3 cm³/mol. The van der Waals surface area contributed by atoms with E-state index in [2.05, 4.69) is 5.32 Å². The number of ether oxygens (including phenoxy) is 1. The molecular weight excluding hydrogens is 337 g/mol. The number of rotatable bonds is 6. The van der Waals surface area contributed by atoms with E-state index in [4.69, 9.17) is 14.3 Å². The Balaban J connectivity index is 1.64. The molecule has 0 saturated heterocycles. The average molecular weight is 355 g/mol. The van der Waals surface area contributed by atoms with Crippen molar-refractivity contribution in [3.8, 4) is 17.1 Å². The zero-order chi connectivity index (χ0) is 18.5. The van der Waals surface area contributed by atoms with E-state index in [0.29, 0.717) is 17.2 Å². The first kappa shape index (κ1) is 17.7. The highest BCUT2D eigenvalue weighted by molar-refractivity contribution is 5.92. The fourth-order valence-electron chi connectivity index (χ4n) is 2.53. The summed E-state index contributed by atoms with van der Waals surface area (Å²) in [4.78, 5) is 12.0. The summed E-state index contributed by atoms with van der Waals surface area (Å²) >= 11 is 0. The number of nitrogens with one attached hydrogen (secondary N) is 1. The Kier molecular flexibility index (Phi) is 5.34. The Morgan fingerprint density at radius 2 is 2.00 bits per heavy atom. The standard InChI is InChI=1S/C20H18FNO4/c1-13-10-14(6-8-16(13)18-9-7-15(11-23)26-18)22-20(24)12-25-19-5-3-2-4-17(19)21/h2-10,23H,11-12H2,1H3,(H,22,24). The zero-order valence-corrected chi connectivity index (χ0v) is 14.2. The third-order valence-electron chi connectivity index (χ3n) is 3.79. The lowest BCUT2D eigenvalue weighted by atomic mass is 10.1. The molecule has 134 valence electrons. The highest BCUT2D eigenvalue weighted by Gasteiger charge is 2.10. The van der Waals surface area contributed by atoms with Crippen molar-refractivity contribution in [2.75, 3.05) is 11.9 Å². The van der Waals surface area contributed by atoms with Crippen LogP contribution in [0.25, 0.3) is 11.3 Å². The lowest BCUT2D eigenvalue weighted by molar-refractivity contribution is -0.118. The van der Waals surface area contributed by atoms with Gasteiger partial charge in [-0.3, -0.25) is 4.79 Å². The number of para-hydroxylation sites is 1. The molecule has 6 heteroatoms. The zero-order valence-electron chi connectivity index (χ0n) is 14.2. The number of hydrogen-bond donors (Lipinski definition) is 2. The molecule has 0 unspecified atom stereocenters. The number of anilines is 1. The second-order valence-electron chi connectivity index (χ2n) is 5.72. The van der Waals surface area contributed by atoms with Crippen molar-refractivity contribution in [1.82, 2.24) is 0 Å². The van der Waals surface area contributed by atoms with E-state index in [-0.39, 0.29) is 24.9 Å². The fourth-order valence-corrected chi connectivity index (χ4v) is 2.53. The predicted octanol–water partition coefficient (Wildman–Crippen LogP) is 3.90. The Morgan fingerprint density at radius 3 is 2.69 bits per heavy atom. The van der Waals surface area contributed by atoms with E-state index in [1.807, 2.05) is 13.0 Å². The molecule has 0 fully saturated rings. The van der Waals surface area contributed by atoms with Crippen LogP contribution in [0.4, 0.5) is 10.1 Å². The van der Waals surface area contributed by atoms with Gasteiger partial charge in [0.2, 0.25) is 0 Å². The molecule has 0 spiro atoms. The number of halogens is 1. The molecule has 3 aromatic rings. The maximum atomic E-state index is 13.5. The first-order valence-corrected chi connectivity index (χ1v) is 8.04. The van der Waals surface area contributed by atoms with Crippen molar-refractivity contribution in [1.29, 1.82) is 0 Å². The highest BCUT2D eigenvalue weighted by Crippen LogP contribution is 2.27. The van der Waals surface area contributed by atoms with Crippen LogP contribution >= 0.6 is 0 Å². The summed E-state index contributed by atoms with van der Waals surface area (Å²) < 4.78 is 24.2. The molecule has 0 bridgehead atoms. The smallest absolute Gasteiger partial charge is 0.262 e. The number of benzene rings is 2. The van der Waals surface area contributed by atoms with E-state index >= 15 is 0 Å². The van der Waals surface area contributed by atoms with Crippen LogP contribution in [0, 0.1) is 12.7 Å². The molecule has 0 atom stereocenters. The number of aliphatic hydroxyl groups is 1. The number of amides is 1. The largest absolute Gasteiger partial charge is 0.481 e. The minimum absolute atomic E-state index is 0.0340. The van der Waals surface area contributed by atoms with Gasteiger partial charge in [-0.15, -0.1) is 0 Å². The third-order valence-corrected chi connectivity index (χ3v) is 3.79. The summed E-state index contributed by atoms with van der Waals surface area (Å²) in [6.07, 6.45) is 0. The molecule has 1 aromatic heterocycles. The van der Waals surface area contributed by atoms with Gasteiger partial charge in [-0.2, -0.15) is 0 Å². The molecule has 0 aliphatic heterocycles. The molecule has 0 aliphatic carbocycles. The molecule has 0 saturated carbocycles. The van der Waals surface area contributed by atoms with Gasteiger partial charge in [0.15, 0.2) is 18.2 Å². The van der Waals surface area contributed by atoms with E-state index in [1.165, 1.54) is 12.1 Å². The molecule has 3 rings (SSSR count). The Hall–Kier alpha value is -3.12. The van der Waals surface area contributed by atoms with E-state index in [9.17, 15) is 9.18 Å². The monoisotopic (exact) mass is 355 g/mol. The lowest BCUT2D eigenvalue weighted by Crippen LogP contribution is -2.20. The normalized spacial score (nSPS) is 10.6. The molecule has 0 radical (unpaired) electrons. The average Bonchev–Trinajstić information content (AvgIpc) is 3.10. The minimum atomic E-state index is -0.513. The lowest BCUT2D eigenvalue weighted by Gasteiger charge is -2.10. The summed E-state index contributed by atoms with van der Waals surface area (Å²) in [5.41, 5.74) is 2.37. The second kappa shape index (κ2) is 7.84. The number of carbonyl (C=O) groups excluding carboxylic acids is 1. The Bertz CT molecular complexity index is 920. The van der Waals surface area contributed by atoms with E-state index < -0.39 is 5.82 Å². The summed E-state index contributed by atoms with van der Waals surface area (Å²) in [5.74, 6) is 0.267. The molecule has 1 heterocycles. The molecule has 2 N–H and O–H groups in total. The highest BCUT2D eigenvalue weighted by atomic mass is 19.1. The van der Waals surface area contributed by atoms with Gasteiger partial charge in [0.25, 0.3) is 5.91 Å². The van der Waals surface area contributed by atoms with E-state index in [0.717, 1.165) is 11.1 Å². The van der Waals surface area contributed by atoms with Crippen molar-refractivity contribution in [2.24, 2.45) is 0 Å². The van der Waals surface area contributed by atoms with Crippen molar-refractivity contribution in [2.45, 2.75) is 13.5 Å². The number of aliphatic hydroxyl groups excluding tert-OH is 1. The quantitative estimate of drug-likeness (QED) is 0.703. The van der Waals surface area contributed by atoms with Gasteiger partial charge in [-0.05, 0) is 55.0 Å². The summed E-state index contributed by atoms with van der Waals surface area (Å²) in [5, 5.41) is 11.8. The third kappa shape index (κ3) is 4.10. The van der Waals surface area contributed by atoms with Crippen LogP contribution in [0.1, 0.15) is 11.3 Å². The van der Waals surface area contributed by atoms with Crippen LogP contribution in [-0.4, -0.2) is 17.6 Å². The second-order valence-corrected chi connectivity index (χ2v) is 5.72. The van der Waals surface area contributed by atoms with Gasteiger partial charge >= 0.3 is 0 Å². The Labute approximate surface area is 150 Å². The van der Waals surface area contributed by atoms with Crippen LogP contribution in [0.15, 0.2) is 59.0 Å². The fraction of sp³-hybridized carbons (Fsp3) is 0.150. The number of hydrogen-bond acceptors (Lipinski definition) is 4. The number of furan rings is 1. The van der Waals surface area contributed by atoms with Gasteiger partial charge in [0.1, 0.15) is 18.1 Å².